The minimum Gasteiger partial charge on any atom is -0.385 e. The number of aliphatic hydroxyl groups excluding tert-OH is 1. The van der Waals surface area contributed by atoms with Crippen LogP contribution in [0.25, 0.3) is 22.1 Å². The molecule has 6 heteroatoms. The fourth-order valence-corrected chi connectivity index (χ4v) is 3.34. The molecular weight excluding hydrogens is 266 g/mol. The standard InChI is InChI=1S/C15H19N5O/c1-9(21)15-19-12-8-18-14-11(4-7-17-14)13(12)20(15)10-2-5-16-6-3-10/h4,7-10,16,21H,2-3,5-6H2,1H3,(H,17,18). The Balaban J connectivity index is 2.03. The number of piperidine rings is 1. The van der Waals surface area contributed by atoms with Gasteiger partial charge in [0.1, 0.15) is 23.1 Å². The van der Waals surface area contributed by atoms with Crippen molar-refractivity contribution in [2.45, 2.75) is 31.9 Å². The van der Waals surface area contributed by atoms with E-state index in [4.69, 9.17) is 0 Å². The number of hydrogen-bond acceptors (Lipinski definition) is 4. The van der Waals surface area contributed by atoms with Crippen molar-refractivity contribution in [2.75, 3.05) is 13.1 Å². The van der Waals surface area contributed by atoms with E-state index in [9.17, 15) is 5.11 Å². The van der Waals surface area contributed by atoms with Crippen LogP contribution in [0.1, 0.15) is 37.7 Å². The van der Waals surface area contributed by atoms with Gasteiger partial charge >= 0.3 is 0 Å². The minimum absolute atomic E-state index is 0.376. The lowest BCUT2D eigenvalue weighted by atomic mass is 10.1. The van der Waals surface area contributed by atoms with Crippen LogP contribution in [0, 0.1) is 0 Å². The Morgan fingerprint density at radius 2 is 2.19 bits per heavy atom. The van der Waals surface area contributed by atoms with Gasteiger partial charge in [-0.2, -0.15) is 0 Å². The second kappa shape index (κ2) is 4.82. The highest BCUT2D eigenvalue weighted by atomic mass is 16.3. The first-order chi connectivity index (χ1) is 10.3. The van der Waals surface area contributed by atoms with E-state index in [-0.39, 0.29) is 0 Å². The number of nitrogens with one attached hydrogen (secondary N) is 2. The molecule has 0 bridgehead atoms. The quantitative estimate of drug-likeness (QED) is 0.672. The van der Waals surface area contributed by atoms with Gasteiger partial charge in [-0.1, -0.05) is 0 Å². The lowest BCUT2D eigenvalue weighted by Gasteiger charge is -2.27. The van der Waals surface area contributed by atoms with Crippen LogP contribution in [0.4, 0.5) is 0 Å². The Kier molecular flexibility index (Phi) is 2.94. The predicted molar refractivity (Wildman–Crippen MR) is 81.2 cm³/mol. The zero-order valence-corrected chi connectivity index (χ0v) is 12.0. The molecule has 1 aliphatic rings. The maximum absolute atomic E-state index is 10.1. The number of hydrogen-bond donors (Lipinski definition) is 3. The summed E-state index contributed by atoms with van der Waals surface area (Å²) in [6.07, 6.45) is 5.22. The van der Waals surface area contributed by atoms with Gasteiger partial charge in [-0.15, -0.1) is 0 Å². The van der Waals surface area contributed by atoms with Crippen LogP contribution in [0.5, 0.6) is 0 Å². The van der Waals surface area contributed by atoms with Crippen LogP contribution in [0.2, 0.25) is 0 Å². The van der Waals surface area contributed by atoms with Crippen molar-refractivity contribution in [2.24, 2.45) is 0 Å². The zero-order chi connectivity index (χ0) is 14.4. The average Bonchev–Trinajstić information content (AvgIpc) is 3.11. The van der Waals surface area contributed by atoms with Crippen molar-refractivity contribution in [1.82, 2.24) is 24.8 Å². The van der Waals surface area contributed by atoms with Gasteiger partial charge in [0.05, 0.1) is 11.7 Å². The molecule has 0 saturated carbocycles. The van der Waals surface area contributed by atoms with Gasteiger partial charge < -0.3 is 20.0 Å². The number of aromatic amines is 1. The number of nitrogens with zero attached hydrogens (tertiary/aromatic N) is 3. The third kappa shape index (κ3) is 1.94. The van der Waals surface area contributed by atoms with Crippen LogP contribution in [-0.2, 0) is 0 Å². The third-order valence-corrected chi connectivity index (χ3v) is 4.31. The van der Waals surface area contributed by atoms with Crippen LogP contribution in [-0.4, -0.2) is 37.7 Å². The van der Waals surface area contributed by atoms with Gasteiger partial charge in [0.2, 0.25) is 0 Å². The van der Waals surface area contributed by atoms with Crippen LogP contribution < -0.4 is 5.32 Å². The monoisotopic (exact) mass is 285 g/mol. The van der Waals surface area contributed by atoms with Crippen LogP contribution in [0.15, 0.2) is 18.5 Å². The second-order valence-corrected chi connectivity index (χ2v) is 5.73. The number of pyridine rings is 1. The molecule has 1 atom stereocenters. The maximum atomic E-state index is 10.1. The normalized spacial score (nSPS) is 18.6. The molecular formula is C15H19N5O. The van der Waals surface area contributed by atoms with E-state index in [1.54, 1.807) is 13.1 Å². The molecule has 0 amide bonds. The Morgan fingerprint density at radius 1 is 1.38 bits per heavy atom. The summed E-state index contributed by atoms with van der Waals surface area (Å²) in [4.78, 5) is 12.2. The van der Waals surface area contributed by atoms with E-state index in [0.717, 1.165) is 53.8 Å². The van der Waals surface area contributed by atoms with Crippen molar-refractivity contribution in [3.8, 4) is 0 Å². The highest BCUT2D eigenvalue weighted by Gasteiger charge is 2.24. The molecule has 3 aromatic heterocycles. The summed E-state index contributed by atoms with van der Waals surface area (Å²) in [5.41, 5.74) is 2.82. The number of fused-ring (bicyclic) bond motifs is 3. The van der Waals surface area contributed by atoms with Crippen LogP contribution in [0.3, 0.4) is 0 Å². The first-order valence-electron chi connectivity index (χ1n) is 7.48. The summed E-state index contributed by atoms with van der Waals surface area (Å²) in [6, 6.07) is 2.41. The molecule has 3 N–H and O–H groups in total. The van der Waals surface area contributed by atoms with Gasteiger partial charge in [0.15, 0.2) is 0 Å². The lowest BCUT2D eigenvalue weighted by Crippen LogP contribution is -2.30. The molecule has 0 spiro atoms. The second-order valence-electron chi connectivity index (χ2n) is 5.73. The summed E-state index contributed by atoms with van der Waals surface area (Å²) in [6.45, 7) is 3.79. The van der Waals surface area contributed by atoms with E-state index >= 15 is 0 Å². The predicted octanol–water partition coefficient (Wildman–Crippen LogP) is 1.89. The molecule has 21 heavy (non-hydrogen) atoms. The van der Waals surface area contributed by atoms with Crippen molar-refractivity contribution in [3.05, 3.63) is 24.3 Å². The number of H-pyrrole nitrogens is 1. The summed E-state index contributed by atoms with van der Waals surface area (Å²) in [5.74, 6) is 0.743. The van der Waals surface area contributed by atoms with Crippen molar-refractivity contribution < 1.29 is 5.11 Å². The third-order valence-electron chi connectivity index (χ3n) is 4.31. The first-order valence-corrected chi connectivity index (χ1v) is 7.48. The molecule has 1 saturated heterocycles. The van der Waals surface area contributed by atoms with Gasteiger partial charge in [0, 0.05) is 17.6 Å². The number of rotatable bonds is 2. The molecule has 0 aliphatic carbocycles. The Hall–Kier alpha value is -1.92. The Bertz CT molecular complexity index is 782. The zero-order valence-electron chi connectivity index (χ0n) is 12.0. The molecule has 0 radical (unpaired) electrons. The van der Waals surface area contributed by atoms with E-state index < -0.39 is 6.10 Å². The largest absolute Gasteiger partial charge is 0.385 e. The van der Waals surface area contributed by atoms with E-state index in [1.165, 1.54) is 0 Å². The summed E-state index contributed by atoms with van der Waals surface area (Å²) >= 11 is 0. The fourth-order valence-electron chi connectivity index (χ4n) is 3.34. The van der Waals surface area contributed by atoms with Gasteiger partial charge in [-0.3, -0.25) is 0 Å². The lowest BCUT2D eigenvalue weighted by molar-refractivity contribution is 0.179. The molecule has 3 aromatic rings. The summed E-state index contributed by atoms with van der Waals surface area (Å²) < 4.78 is 2.23. The topological polar surface area (TPSA) is 78.8 Å². The molecule has 6 nitrogen and oxygen atoms in total. The molecule has 4 heterocycles. The minimum atomic E-state index is -0.582. The molecule has 1 unspecified atom stereocenters. The summed E-state index contributed by atoms with van der Waals surface area (Å²) in [7, 11) is 0. The van der Waals surface area contributed by atoms with E-state index in [0.29, 0.717) is 6.04 Å². The number of aliphatic hydroxyl groups is 1. The van der Waals surface area contributed by atoms with Crippen LogP contribution >= 0.6 is 0 Å². The SMILES string of the molecule is CC(O)c1nc2cnc3[nH]ccc3c2n1C1CCNCC1. The van der Waals surface area contributed by atoms with Crippen molar-refractivity contribution in [1.29, 1.82) is 0 Å². The highest BCUT2D eigenvalue weighted by molar-refractivity contribution is 6.01. The van der Waals surface area contributed by atoms with E-state index in [1.807, 2.05) is 12.3 Å². The highest BCUT2D eigenvalue weighted by Crippen LogP contribution is 2.32. The number of aromatic nitrogens is 4. The van der Waals surface area contributed by atoms with Crippen molar-refractivity contribution in [3.63, 3.8) is 0 Å². The van der Waals surface area contributed by atoms with Gasteiger partial charge in [0.25, 0.3) is 0 Å². The smallest absolute Gasteiger partial charge is 0.139 e. The van der Waals surface area contributed by atoms with Gasteiger partial charge in [-0.05, 0) is 38.9 Å². The molecule has 1 aliphatic heterocycles. The Labute approximate surface area is 122 Å². The van der Waals surface area contributed by atoms with Gasteiger partial charge in [-0.25, -0.2) is 9.97 Å². The first kappa shape index (κ1) is 12.8. The molecule has 0 aromatic carbocycles. The number of imidazole rings is 1. The molecule has 4 rings (SSSR count). The molecule has 110 valence electrons. The maximum Gasteiger partial charge on any atom is 0.139 e. The average molecular weight is 285 g/mol. The Morgan fingerprint density at radius 3 is 2.95 bits per heavy atom. The fraction of sp³-hybridized carbons (Fsp3) is 0.467. The summed E-state index contributed by atoms with van der Waals surface area (Å²) in [5, 5.41) is 14.6. The molecule has 1 fully saturated rings. The van der Waals surface area contributed by atoms with Crippen molar-refractivity contribution >= 4 is 22.1 Å². The van der Waals surface area contributed by atoms with E-state index in [2.05, 4.69) is 24.8 Å².